The molecule has 0 heterocycles. The molecular weight excluding hydrogens is 276 g/mol. The molecule has 0 saturated heterocycles. The third kappa shape index (κ3) is 4.21. The minimum atomic E-state index is 0.191. The summed E-state index contributed by atoms with van der Waals surface area (Å²) in [5.74, 6) is 1.22. The molecule has 2 aromatic rings. The van der Waals surface area contributed by atoms with Crippen LogP contribution in [0.1, 0.15) is 46.8 Å². The molecule has 110 valence electrons. The Morgan fingerprint density at radius 3 is 2.24 bits per heavy atom. The van der Waals surface area contributed by atoms with Gasteiger partial charge < -0.3 is 0 Å². The summed E-state index contributed by atoms with van der Waals surface area (Å²) in [7, 11) is 0. The second kappa shape index (κ2) is 6.95. The van der Waals surface area contributed by atoms with Crippen LogP contribution in [0.4, 0.5) is 0 Å². The second-order valence-corrected chi connectivity index (χ2v) is 6.78. The fourth-order valence-electron chi connectivity index (χ4n) is 2.10. The van der Waals surface area contributed by atoms with E-state index in [1.165, 1.54) is 16.7 Å². The standard InChI is InChI=1S/C19H22OS/c1-13(2)16-7-9-18(10-8-16)21-12-19(20)17-6-5-14(3)15(4)11-17/h5-11,13H,12H2,1-4H3. The number of hydrogen-bond acceptors (Lipinski definition) is 2. The van der Waals surface area contributed by atoms with Gasteiger partial charge in [0.2, 0.25) is 0 Å². The fraction of sp³-hybridized carbons (Fsp3) is 0.316. The molecule has 1 nitrogen and oxygen atoms in total. The summed E-state index contributed by atoms with van der Waals surface area (Å²) in [6, 6.07) is 14.4. The lowest BCUT2D eigenvalue weighted by molar-refractivity contribution is 0.102. The van der Waals surface area contributed by atoms with E-state index in [4.69, 9.17) is 0 Å². The van der Waals surface area contributed by atoms with Gasteiger partial charge in [0.15, 0.2) is 5.78 Å². The van der Waals surface area contributed by atoms with Crippen molar-refractivity contribution in [3.05, 3.63) is 64.7 Å². The summed E-state index contributed by atoms with van der Waals surface area (Å²) >= 11 is 1.60. The number of thioether (sulfide) groups is 1. The summed E-state index contributed by atoms with van der Waals surface area (Å²) in [5.41, 5.74) is 4.54. The zero-order chi connectivity index (χ0) is 15.4. The highest BCUT2D eigenvalue weighted by atomic mass is 32.2. The normalized spacial score (nSPS) is 10.9. The largest absolute Gasteiger partial charge is 0.293 e. The number of rotatable bonds is 5. The van der Waals surface area contributed by atoms with Crippen molar-refractivity contribution in [3.8, 4) is 0 Å². The molecule has 0 radical (unpaired) electrons. The third-order valence-electron chi connectivity index (χ3n) is 3.75. The third-order valence-corrected chi connectivity index (χ3v) is 4.76. The molecule has 2 heteroatoms. The first-order chi connectivity index (χ1) is 9.97. The first-order valence-electron chi connectivity index (χ1n) is 7.30. The Morgan fingerprint density at radius 1 is 1.00 bits per heavy atom. The first kappa shape index (κ1) is 15.8. The van der Waals surface area contributed by atoms with Crippen LogP contribution in [0.5, 0.6) is 0 Å². The summed E-state index contributed by atoms with van der Waals surface area (Å²) in [6.45, 7) is 8.48. The van der Waals surface area contributed by atoms with Crippen LogP contribution >= 0.6 is 11.8 Å². The number of benzene rings is 2. The molecule has 2 rings (SSSR count). The Balaban J connectivity index is 1.98. The molecule has 0 unspecified atom stereocenters. The van der Waals surface area contributed by atoms with Crippen LogP contribution in [0.25, 0.3) is 0 Å². The Hall–Kier alpha value is -1.54. The minimum Gasteiger partial charge on any atom is -0.293 e. The van der Waals surface area contributed by atoms with Crippen LogP contribution in [0.2, 0.25) is 0 Å². The number of Topliss-reactive ketones (excluding diaryl/α,β-unsaturated/α-hetero) is 1. The number of ketones is 1. The maximum Gasteiger partial charge on any atom is 0.173 e. The molecule has 0 aliphatic rings. The van der Waals surface area contributed by atoms with Gasteiger partial charge in [-0.2, -0.15) is 0 Å². The van der Waals surface area contributed by atoms with Crippen LogP contribution in [-0.2, 0) is 0 Å². The highest BCUT2D eigenvalue weighted by Crippen LogP contribution is 2.23. The zero-order valence-corrected chi connectivity index (χ0v) is 14.0. The fourth-order valence-corrected chi connectivity index (χ4v) is 2.89. The van der Waals surface area contributed by atoms with Gasteiger partial charge in [-0.05, 0) is 54.7 Å². The Morgan fingerprint density at radius 2 is 1.67 bits per heavy atom. The summed E-state index contributed by atoms with van der Waals surface area (Å²) in [6.07, 6.45) is 0. The first-order valence-corrected chi connectivity index (χ1v) is 8.29. The van der Waals surface area contributed by atoms with Crippen LogP contribution in [0.3, 0.4) is 0 Å². The van der Waals surface area contributed by atoms with Crippen molar-refractivity contribution in [2.45, 2.75) is 38.5 Å². The minimum absolute atomic E-state index is 0.191. The number of carbonyl (C=O) groups excluding carboxylic acids is 1. The van der Waals surface area contributed by atoms with E-state index in [0.717, 1.165) is 10.5 Å². The predicted molar refractivity (Wildman–Crippen MR) is 91.5 cm³/mol. The summed E-state index contributed by atoms with van der Waals surface area (Å²) < 4.78 is 0. The molecule has 0 saturated carbocycles. The maximum atomic E-state index is 12.2. The van der Waals surface area contributed by atoms with Crippen molar-refractivity contribution in [1.82, 2.24) is 0 Å². The molecule has 0 spiro atoms. The van der Waals surface area contributed by atoms with Crippen molar-refractivity contribution in [3.63, 3.8) is 0 Å². The Labute approximate surface area is 131 Å². The molecule has 2 aromatic carbocycles. The van der Waals surface area contributed by atoms with Crippen LogP contribution in [-0.4, -0.2) is 11.5 Å². The van der Waals surface area contributed by atoms with E-state index in [0.29, 0.717) is 11.7 Å². The number of carbonyl (C=O) groups is 1. The van der Waals surface area contributed by atoms with Crippen molar-refractivity contribution in [2.75, 3.05) is 5.75 Å². The number of hydrogen-bond donors (Lipinski definition) is 0. The van der Waals surface area contributed by atoms with E-state index in [-0.39, 0.29) is 5.78 Å². The van der Waals surface area contributed by atoms with E-state index in [2.05, 4.69) is 45.0 Å². The lowest BCUT2D eigenvalue weighted by Gasteiger charge is -2.07. The lowest BCUT2D eigenvalue weighted by Crippen LogP contribution is -2.03. The van der Waals surface area contributed by atoms with Crippen LogP contribution < -0.4 is 0 Å². The van der Waals surface area contributed by atoms with Gasteiger partial charge >= 0.3 is 0 Å². The summed E-state index contributed by atoms with van der Waals surface area (Å²) in [4.78, 5) is 13.4. The van der Waals surface area contributed by atoms with Gasteiger partial charge in [-0.15, -0.1) is 11.8 Å². The lowest BCUT2D eigenvalue weighted by atomic mass is 10.0. The van der Waals surface area contributed by atoms with E-state index < -0.39 is 0 Å². The number of aryl methyl sites for hydroxylation is 2. The quantitative estimate of drug-likeness (QED) is 0.543. The van der Waals surface area contributed by atoms with Crippen molar-refractivity contribution >= 4 is 17.5 Å². The molecule has 0 fully saturated rings. The van der Waals surface area contributed by atoms with E-state index >= 15 is 0 Å². The second-order valence-electron chi connectivity index (χ2n) is 5.73. The van der Waals surface area contributed by atoms with E-state index in [1.54, 1.807) is 11.8 Å². The van der Waals surface area contributed by atoms with Crippen LogP contribution in [0.15, 0.2) is 47.4 Å². The molecule has 0 aliphatic carbocycles. The van der Waals surface area contributed by atoms with Gasteiger partial charge in [0.25, 0.3) is 0 Å². The topological polar surface area (TPSA) is 17.1 Å². The maximum absolute atomic E-state index is 12.2. The molecule has 0 bridgehead atoms. The van der Waals surface area contributed by atoms with Gasteiger partial charge in [0.1, 0.15) is 0 Å². The van der Waals surface area contributed by atoms with Crippen molar-refractivity contribution in [1.29, 1.82) is 0 Å². The zero-order valence-electron chi connectivity index (χ0n) is 13.1. The van der Waals surface area contributed by atoms with Crippen molar-refractivity contribution < 1.29 is 4.79 Å². The van der Waals surface area contributed by atoms with Crippen LogP contribution in [0, 0.1) is 13.8 Å². The molecule has 0 atom stereocenters. The predicted octanol–water partition coefficient (Wildman–Crippen LogP) is 5.40. The Kier molecular flexibility index (Phi) is 5.24. The van der Waals surface area contributed by atoms with Gasteiger partial charge in [-0.25, -0.2) is 0 Å². The molecule has 0 amide bonds. The van der Waals surface area contributed by atoms with Gasteiger partial charge in [0, 0.05) is 10.5 Å². The van der Waals surface area contributed by atoms with Gasteiger partial charge in [-0.3, -0.25) is 4.79 Å². The van der Waals surface area contributed by atoms with Gasteiger partial charge in [0.05, 0.1) is 5.75 Å². The average Bonchev–Trinajstić information content (AvgIpc) is 2.48. The molecule has 0 aliphatic heterocycles. The Bertz CT molecular complexity index is 627. The molecule has 0 aromatic heterocycles. The van der Waals surface area contributed by atoms with E-state index in [9.17, 15) is 4.79 Å². The average molecular weight is 298 g/mol. The molecule has 0 N–H and O–H groups in total. The monoisotopic (exact) mass is 298 g/mol. The molecule has 21 heavy (non-hydrogen) atoms. The van der Waals surface area contributed by atoms with Crippen molar-refractivity contribution in [2.24, 2.45) is 0 Å². The smallest absolute Gasteiger partial charge is 0.173 e. The highest BCUT2D eigenvalue weighted by Gasteiger charge is 2.08. The summed E-state index contributed by atoms with van der Waals surface area (Å²) in [5, 5.41) is 0. The molecular formula is C19H22OS. The SMILES string of the molecule is Cc1ccc(C(=O)CSc2ccc(C(C)C)cc2)cc1C. The van der Waals surface area contributed by atoms with Gasteiger partial charge in [-0.1, -0.05) is 38.1 Å². The highest BCUT2D eigenvalue weighted by molar-refractivity contribution is 8.00. The van der Waals surface area contributed by atoms with E-state index in [1.807, 2.05) is 25.1 Å².